The van der Waals surface area contributed by atoms with Crippen molar-refractivity contribution in [2.45, 2.75) is 25.7 Å². The van der Waals surface area contributed by atoms with Crippen LogP contribution in [0, 0.1) is 17.5 Å². The van der Waals surface area contributed by atoms with Gasteiger partial charge in [-0.25, -0.2) is 18.0 Å². The quantitative estimate of drug-likeness (QED) is 0.264. The highest BCUT2D eigenvalue weighted by atomic mass is 19.1. The topological polar surface area (TPSA) is 104 Å². The first-order valence-electron chi connectivity index (χ1n) is 12.7. The fraction of sp³-hybridized carbons (Fsp3) is 0.233. The standard InChI is InChI=1S/C30H24F3NO7/c1-3-38-25(36)11-16-5-4-6-20-27(16)40-15-30(20,2)24(35)14-39-29(37)19-12-17(7-8-21(19)31)41-28-22(32)13-23-18(26(28)33)9-10-34-23/h4-10,12-13,34H,3,11,14-15H2,1-2H3. The Morgan fingerprint density at radius 2 is 1.83 bits per heavy atom. The smallest absolute Gasteiger partial charge is 0.341 e. The summed E-state index contributed by atoms with van der Waals surface area (Å²) in [5.41, 5.74) is -0.499. The van der Waals surface area contributed by atoms with Crippen LogP contribution in [0.5, 0.6) is 17.2 Å². The van der Waals surface area contributed by atoms with Gasteiger partial charge in [-0.15, -0.1) is 0 Å². The van der Waals surface area contributed by atoms with E-state index in [1.165, 1.54) is 12.3 Å². The average molecular weight is 568 g/mol. The highest BCUT2D eigenvalue weighted by Crippen LogP contribution is 2.42. The third-order valence-corrected chi connectivity index (χ3v) is 6.87. The van der Waals surface area contributed by atoms with Gasteiger partial charge in [0.25, 0.3) is 0 Å². The Bertz CT molecular complexity index is 1680. The second kappa shape index (κ2) is 11.0. The number of halogens is 3. The molecule has 1 unspecified atom stereocenters. The summed E-state index contributed by atoms with van der Waals surface area (Å²) in [5.74, 6) is -5.67. The van der Waals surface area contributed by atoms with Crippen molar-refractivity contribution in [3.63, 3.8) is 0 Å². The Hall–Kier alpha value is -4.80. The Labute approximate surface area is 232 Å². The summed E-state index contributed by atoms with van der Waals surface area (Å²) in [6, 6.07) is 10.4. The summed E-state index contributed by atoms with van der Waals surface area (Å²) >= 11 is 0. The minimum atomic E-state index is -1.20. The molecule has 1 aliphatic rings. The minimum Gasteiger partial charge on any atom is -0.492 e. The average Bonchev–Trinajstić information content (AvgIpc) is 3.56. The van der Waals surface area contributed by atoms with Gasteiger partial charge in [-0.2, -0.15) is 0 Å². The molecule has 1 atom stereocenters. The number of para-hydroxylation sites is 1. The second-order valence-corrected chi connectivity index (χ2v) is 9.58. The Balaban J connectivity index is 1.30. The lowest BCUT2D eigenvalue weighted by atomic mass is 9.80. The van der Waals surface area contributed by atoms with Crippen molar-refractivity contribution in [2.75, 3.05) is 19.8 Å². The van der Waals surface area contributed by atoms with Gasteiger partial charge in [-0.1, -0.05) is 18.2 Å². The predicted octanol–water partition coefficient (Wildman–Crippen LogP) is 5.56. The molecular weight excluding hydrogens is 543 g/mol. The van der Waals surface area contributed by atoms with Crippen LogP contribution in [0.15, 0.2) is 54.7 Å². The lowest BCUT2D eigenvalue weighted by Crippen LogP contribution is -2.37. The predicted molar refractivity (Wildman–Crippen MR) is 140 cm³/mol. The zero-order chi connectivity index (χ0) is 29.3. The van der Waals surface area contributed by atoms with E-state index >= 15 is 0 Å². The van der Waals surface area contributed by atoms with Gasteiger partial charge < -0.3 is 23.9 Å². The van der Waals surface area contributed by atoms with E-state index in [0.717, 1.165) is 24.3 Å². The van der Waals surface area contributed by atoms with Gasteiger partial charge in [0, 0.05) is 28.8 Å². The van der Waals surface area contributed by atoms with Crippen molar-refractivity contribution in [2.24, 2.45) is 0 Å². The summed E-state index contributed by atoms with van der Waals surface area (Å²) in [6.45, 7) is 2.77. The molecule has 0 saturated carbocycles. The summed E-state index contributed by atoms with van der Waals surface area (Å²) in [4.78, 5) is 40.6. The molecule has 11 heteroatoms. The van der Waals surface area contributed by atoms with Crippen LogP contribution in [-0.4, -0.2) is 42.5 Å². The molecule has 8 nitrogen and oxygen atoms in total. The zero-order valence-corrected chi connectivity index (χ0v) is 22.0. The third-order valence-electron chi connectivity index (χ3n) is 6.87. The monoisotopic (exact) mass is 567 g/mol. The second-order valence-electron chi connectivity index (χ2n) is 9.58. The molecule has 0 bridgehead atoms. The molecule has 2 heterocycles. The maximum atomic E-state index is 14.8. The van der Waals surface area contributed by atoms with Crippen LogP contribution in [0.25, 0.3) is 10.9 Å². The van der Waals surface area contributed by atoms with E-state index in [4.69, 9.17) is 18.9 Å². The lowest BCUT2D eigenvalue weighted by Gasteiger charge is -2.21. The number of aromatic nitrogens is 1. The SMILES string of the molecule is CCOC(=O)Cc1cccc2c1OCC2(C)C(=O)COC(=O)c1cc(Oc2c(F)cc3[nH]ccc3c2F)ccc1F. The molecule has 0 saturated heterocycles. The fourth-order valence-electron chi connectivity index (χ4n) is 4.64. The molecule has 0 aliphatic carbocycles. The van der Waals surface area contributed by atoms with Crippen LogP contribution in [0.3, 0.4) is 0 Å². The van der Waals surface area contributed by atoms with E-state index in [-0.39, 0.29) is 36.3 Å². The number of hydrogen-bond acceptors (Lipinski definition) is 7. The van der Waals surface area contributed by atoms with Gasteiger partial charge in [-0.05, 0) is 38.1 Å². The molecular formula is C30H24F3NO7. The minimum absolute atomic E-state index is 0.0409. The van der Waals surface area contributed by atoms with Crippen molar-refractivity contribution >= 4 is 28.6 Å². The van der Waals surface area contributed by atoms with E-state index in [1.54, 1.807) is 32.0 Å². The van der Waals surface area contributed by atoms with E-state index in [9.17, 15) is 27.6 Å². The van der Waals surface area contributed by atoms with Crippen molar-refractivity contribution < 1.29 is 46.5 Å². The Kier molecular flexibility index (Phi) is 7.44. The molecule has 0 radical (unpaired) electrons. The highest BCUT2D eigenvalue weighted by molar-refractivity contribution is 5.96. The van der Waals surface area contributed by atoms with Crippen LogP contribution in [0.1, 0.15) is 35.3 Å². The number of carbonyl (C=O) groups excluding carboxylic acids is 3. The van der Waals surface area contributed by atoms with Gasteiger partial charge in [0.2, 0.25) is 0 Å². The summed E-state index contributed by atoms with van der Waals surface area (Å²) < 4.78 is 65.0. The molecule has 0 fully saturated rings. The van der Waals surface area contributed by atoms with E-state index in [2.05, 4.69) is 4.98 Å². The fourth-order valence-corrected chi connectivity index (χ4v) is 4.64. The van der Waals surface area contributed by atoms with Crippen LogP contribution in [0.2, 0.25) is 0 Å². The maximum absolute atomic E-state index is 14.8. The summed E-state index contributed by atoms with van der Waals surface area (Å²) in [5, 5.41) is 0.0839. The van der Waals surface area contributed by atoms with Gasteiger partial charge >= 0.3 is 11.9 Å². The maximum Gasteiger partial charge on any atom is 0.341 e. The Morgan fingerprint density at radius 3 is 2.61 bits per heavy atom. The molecule has 212 valence electrons. The van der Waals surface area contributed by atoms with Crippen molar-refractivity contribution in [1.82, 2.24) is 4.98 Å². The van der Waals surface area contributed by atoms with Crippen LogP contribution in [0.4, 0.5) is 13.2 Å². The van der Waals surface area contributed by atoms with E-state index in [0.29, 0.717) is 16.9 Å². The van der Waals surface area contributed by atoms with Crippen molar-refractivity contribution in [3.8, 4) is 17.2 Å². The largest absolute Gasteiger partial charge is 0.492 e. The third kappa shape index (κ3) is 5.22. The Morgan fingerprint density at radius 1 is 1.02 bits per heavy atom. The van der Waals surface area contributed by atoms with E-state index in [1.807, 2.05) is 0 Å². The zero-order valence-electron chi connectivity index (χ0n) is 22.0. The molecule has 41 heavy (non-hydrogen) atoms. The number of carbonyl (C=O) groups is 3. The number of fused-ring (bicyclic) bond motifs is 2. The number of nitrogens with one attached hydrogen (secondary N) is 1. The first kappa shape index (κ1) is 27.8. The number of Topliss-reactive ketones (excluding diaryl/α,β-unsaturated/α-hetero) is 1. The highest BCUT2D eigenvalue weighted by Gasteiger charge is 2.44. The number of H-pyrrole nitrogens is 1. The molecule has 3 aromatic carbocycles. The first-order valence-corrected chi connectivity index (χ1v) is 12.7. The number of ketones is 1. The number of esters is 2. The number of rotatable bonds is 9. The number of hydrogen-bond donors (Lipinski definition) is 1. The number of benzene rings is 3. The lowest BCUT2D eigenvalue weighted by molar-refractivity contribution is -0.142. The van der Waals surface area contributed by atoms with E-state index < -0.39 is 58.5 Å². The molecule has 1 aliphatic heterocycles. The van der Waals surface area contributed by atoms with Crippen molar-refractivity contribution in [3.05, 3.63) is 88.9 Å². The molecule has 1 N–H and O–H groups in total. The molecule has 5 rings (SSSR count). The first-order chi connectivity index (χ1) is 19.6. The number of ether oxygens (including phenoxy) is 4. The number of aromatic amines is 1. The molecule has 1 aromatic heterocycles. The van der Waals surface area contributed by atoms with Gasteiger partial charge in [-0.3, -0.25) is 9.59 Å². The molecule has 0 spiro atoms. The van der Waals surface area contributed by atoms with Crippen LogP contribution in [-0.2, 0) is 30.9 Å². The van der Waals surface area contributed by atoms with Crippen LogP contribution < -0.4 is 9.47 Å². The summed E-state index contributed by atoms with van der Waals surface area (Å²) in [6.07, 6.45) is 1.39. The summed E-state index contributed by atoms with van der Waals surface area (Å²) in [7, 11) is 0. The van der Waals surface area contributed by atoms with Gasteiger partial charge in [0.05, 0.1) is 29.5 Å². The molecule has 0 amide bonds. The van der Waals surface area contributed by atoms with Crippen LogP contribution >= 0.6 is 0 Å². The normalized spacial score (nSPS) is 15.7. The van der Waals surface area contributed by atoms with Gasteiger partial charge in [0.1, 0.15) is 23.9 Å². The van der Waals surface area contributed by atoms with Crippen molar-refractivity contribution in [1.29, 1.82) is 0 Å². The van der Waals surface area contributed by atoms with Gasteiger partial charge in [0.15, 0.2) is 29.8 Å². The molecule has 4 aromatic rings.